The maximum Gasteiger partial charge on any atom is 0.261 e. The fraction of sp³-hybridized carbons (Fsp3) is 0.0769. The average molecular weight is 297 g/mol. The van der Waals surface area contributed by atoms with E-state index >= 15 is 0 Å². The van der Waals surface area contributed by atoms with Crippen LogP contribution in [0.1, 0.15) is 5.56 Å². The summed E-state index contributed by atoms with van der Waals surface area (Å²) in [5.74, 6) is 0. The van der Waals surface area contributed by atoms with Gasteiger partial charge >= 0.3 is 0 Å². The van der Waals surface area contributed by atoms with Gasteiger partial charge in [-0.1, -0.05) is 23.7 Å². The molecular weight excluding hydrogens is 284 g/mol. The molecule has 0 spiro atoms. The zero-order valence-electron chi connectivity index (χ0n) is 10.0. The van der Waals surface area contributed by atoms with Crippen molar-refractivity contribution in [3.63, 3.8) is 0 Å². The average Bonchev–Trinajstić information content (AvgIpc) is 2.39. The molecule has 2 aromatic carbocycles. The fourth-order valence-electron chi connectivity index (χ4n) is 1.59. The SMILES string of the molecule is NCc1cccc(NS(=O)(=O)c2ccc(Cl)cc2)c1. The van der Waals surface area contributed by atoms with E-state index in [1.807, 2.05) is 6.07 Å². The smallest absolute Gasteiger partial charge is 0.261 e. The molecule has 0 unspecified atom stereocenters. The molecule has 0 aromatic heterocycles. The summed E-state index contributed by atoms with van der Waals surface area (Å²) in [4.78, 5) is 0.162. The number of nitrogens with one attached hydrogen (secondary N) is 1. The lowest BCUT2D eigenvalue weighted by molar-refractivity contribution is 0.601. The minimum atomic E-state index is -3.60. The lowest BCUT2D eigenvalue weighted by Crippen LogP contribution is -2.13. The maximum atomic E-state index is 12.1. The zero-order chi connectivity index (χ0) is 13.9. The highest BCUT2D eigenvalue weighted by molar-refractivity contribution is 7.92. The number of halogens is 1. The Morgan fingerprint density at radius 1 is 1.11 bits per heavy atom. The molecule has 0 fully saturated rings. The van der Waals surface area contributed by atoms with Crippen molar-refractivity contribution in [1.82, 2.24) is 0 Å². The molecule has 0 saturated carbocycles. The van der Waals surface area contributed by atoms with Crippen LogP contribution in [-0.4, -0.2) is 8.42 Å². The number of rotatable bonds is 4. The summed E-state index contributed by atoms with van der Waals surface area (Å²) < 4.78 is 26.8. The minimum Gasteiger partial charge on any atom is -0.326 e. The summed E-state index contributed by atoms with van der Waals surface area (Å²) in [6, 6.07) is 12.9. The first-order valence-electron chi connectivity index (χ1n) is 5.59. The van der Waals surface area contributed by atoms with Gasteiger partial charge in [0.15, 0.2) is 0 Å². The van der Waals surface area contributed by atoms with Gasteiger partial charge in [0.2, 0.25) is 0 Å². The molecule has 100 valence electrons. The first kappa shape index (κ1) is 13.9. The number of hydrogen-bond donors (Lipinski definition) is 2. The van der Waals surface area contributed by atoms with Crippen LogP contribution in [0.2, 0.25) is 5.02 Å². The van der Waals surface area contributed by atoms with Crippen molar-refractivity contribution in [2.45, 2.75) is 11.4 Å². The summed E-state index contributed by atoms with van der Waals surface area (Å²) in [6.45, 7) is 0.358. The highest BCUT2D eigenvalue weighted by Gasteiger charge is 2.13. The van der Waals surface area contributed by atoms with Gasteiger partial charge in [-0.05, 0) is 42.0 Å². The molecule has 0 aliphatic heterocycles. The highest BCUT2D eigenvalue weighted by atomic mass is 35.5. The first-order chi connectivity index (χ1) is 9.01. The van der Waals surface area contributed by atoms with Crippen LogP contribution < -0.4 is 10.5 Å². The Bertz CT molecular complexity index is 669. The van der Waals surface area contributed by atoms with Gasteiger partial charge in [0.05, 0.1) is 4.90 Å². The molecule has 0 saturated heterocycles. The lowest BCUT2D eigenvalue weighted by atomic mass is 10.2. The first-order valence-corrected chi connectivity index (χ1v) is 7.45. The molecule has 0 atom stereocenters. The largest absolute Gasteiger partial charge is 0.326 e. The second kappa shape index (κ2) is 5.61. The molecule has 2 aromatic rings. The topological polar surface area (TPSA) is 72.2 Å². The second-order valence-electron chi connectivity index (χ2n) is 3.96. The van der Waals surface area contributed by atoms with Crippen molar-refractivity contribution in [2.24, 2.45) is 5.73 Å². The Kier molecular flexibility index (Phi) is 4.09. The normalized spacial score (nSPS) is 11.3. The summed E-state index contributed by atoms with van der Waals surface area (Å²) in [5, 5.41) is 0.490. The van der Waals surface area contributed by atoms with Crippen LogP contribution in [-0.2, 0) is 16.6 Å². The number of hydrogen-bond acceptors (Lipinski definition) is 3. The van der Waals surface area contributed by atoms with Crippen molar-refractivity contribution in [3.8, 4) is 0 Å². The van der Waals surface area contributed by atoms with Gasteiger partial charge in [-0.15, -0.1) is 0 Å². The van der Waals surface area contributed by atoms with Crippen LogP contribution in [0.15, 0.2) is 53.4 Å². The summed E-state index contributed by atoms with van der Waals surface area (Å²) in [5.41, 5.74) is 6.86. The van der Waals surface area contributed by atoms with Crippen LogP contribution in [0.4, 0.5) is 5.69 Å². The summed E-state index contributed by atoms with van der Waals surface area (Å²) >= 11 is 5.73. The van der Waals surface area contributed by atoms with E-state index in [9.17, 15) is 8.42 Å². The Hall–Kier alpha value is -1.56. The Morgan fingerprint density at radius 2 is 1.79 bits per heavy atom. The standard InChI is InChI=1S/C13H13ClN2O2S/c14-11-4-6-13(7-5-11)19(17,18)16-12-3-1-2-10(8-12)9-15/h1-8,16H,9,15H2. The van der Waals surface area contributed by atoms with Gasteiger partial charge in [0.1, 0.15) is 0 Å². The Balaban J connectivity index is 2.28. The molecule has 4 nitrogen and oxygen atoms in total. The van der Waals surface area contributed by atoms with E-state index in [0.717, 1.165) is 5.56 Å². The monoisotopic (exact) mass is 296 g/mol. The second-order valence-corrected chi connectivity index (χ2v) is 6.08. The predicted octanol–water partition coefficient (Wildman–Crippen LogP) is 2.60. The number of benzene rings is 2. The molecule has 0 amide bonds. The minimum absolute atomic E-state index is 0.162. The number of anilines is 1. The van der Waals surface area contributed by atoms with Crippen LogP contribution >= 0.6 is 11.6 Å². The molecule has 6 heteroatoms. The molecule has 0 aliphatic carbocycles. The van der Waals surface area contributed by atoms with E-state index in [2.05, 4.69) is 4.72 Å². The van der Waals surface area contributed by atoms with E-state index < -0.39 is 10.0 Å². The fourth-order valence-corrected chi connectivity index (χ4v) is 2.77. The van der Waals surface area contributed by atoms with Crippen molar-refractivity contribution in [2.75, 3.05) is 4.72 Å². The third-order valence-electron chi connectivity index (χ3n) is 2.54. The van der Waals surface area contributed by atoms with Crippen molar-refractivity contribution < 1.29 is 8.42 Å². The van der Waals surface area contributed by atoms with E-state index in [4.69, 9.17) is 17.3 Å². The van der Waals surface area contributed by atoms with Gasteiger partial charge in [-0.2, -0.15) is 0 Å². The van der Waals surface area contributed by atoms with Crippen LogP contribution in [0.5, 0.6) is 0 Å². The quantitative estimate of drug-likeness (QED) is 0.911. The molecular formula is C13H13ClN2O2S. The third kappa shape index (κ3) is 3.47. The Morgan fingerprint density at radius 3 is 2.42 bits per heavy atom. The van der Waals surface area contributed by atoms with E-state index in [1.54, 1.807) is 18.2 Å². The van der Waals surface area contributed by atoms with Crippen molar-refractivity contribution in [1.29, 1.82) is 0 Å². The van der Waals surface area contributed by atoms with Gasteiger partial charge in [0, 0.05) is 17.3 Å². The highest BCUT2D eigenvalue weighted by Crippen LogP contribution is 2.18. The van der Waals surface area contributed by atoms with E-state index in [0.29, 0.717) is 17.3 Å². The van der Waals surface area contributed by atoms with Gasteiger partial charge in [-0.3, -0.25) is 4.72 Å². The third-order valence-corrected chi connectivity index (χ3v) is 4.19. The van der Waals surface area contributed by atoms with Gasteiger partial charge in [-0.25, -0.2) is 8.42 Å². The van der Waals surface area contributed by atoms with E-state index in [1.165, 1.54) is 24.3 Å². The number of nitrogens with two attached hydrogens (primary N) is 1. The molecule has 0 heterocycles. The molecule has 19 heavy (non-hydrogen) atoms. The maximum absolute atomic E-state index is 12.1. The summed E-state index contributed by atoms with van der Waals surface area (Å²) in [7, 11) is -3.60. The predicted molar refractivity (Wildman–Crippen MR) is 76.6 cm³/mol. The molecule has 3 N–H and O–H groups in total. The van der Waals surface area contributed by atoms with Crippen LogP contribution in [0.3, 0.4) is 0 Å². The molecule has 0 bridgehead atoms. The molecule has 2 rings (SSSR count). The summed E-state index contributed by atoms with van der Waals surface area (Å²) in [6.07, 6.45) is 0. The van der Waals surface area contributed by atoms with Crippen LogP contribution in [0, 0.1) is 0 Å². The molecule has 0 radical (unpaired) electrons. The van der Waals surface area contributed by atoms with Crippen molar-refractivity contribution in [3.05, 3.63) is 59.1 Å². The lowest BCUT2D eigenvalue weighted by Gasteiger charge is -2.09. The van der Waals surface area contributed by atoms with Crippen molar-refractivity contribution >= 4 is 27.3 Å². The molecule has 0 aliphatic rings. The van der Waals surface area contributed by atoms with Crippen LogP contribution in [0.25, 0.3) is 0 Å². The van der Waals surface area contributed by atoms with Gasteiger partial charge in [0.25, 0.3) is 10.0 Å². The van der Waals surface area contributed by atoms with E-state index in [-0.39, 0.29) is 4.90 Å². The van der Waals surface area contributed by atoms with Gasteiger partial charge < -0.3 is 5.73 Å². The zero-order valence-corrected chi connectivity index (χ0v) is 11.6. The Labute approximate surface area is 117 Å². The number of sulfonamides is 1.